The summed E-state index contributed by atoms with van der Waals surface area (Å²) in [6.07, 6.45) is 0. The average Bonchev–Trinajstić information content (AvgIpc) is 3.06. The number of nitrogens with zero attached hydrogens (tertiary/aromatic N) is 1. The zero-order valence-corrected chi connectivity index (χ0v) is 14.2. The average molecular weight is 374 g/mol. The Hall–Kier alpha value is -2.65. The second-order valence-electron chi connectivity index (χ2n) is 5.86. The molecular weight excluding hydrogens is 362 g/mol. The Kier molecular flexibility index (Phi) is 2.97. The molecule has 24 heavy (non-hydrogen) atoms. The van der Waals surface area contributed by atoms with Gasteiger partial charge in [0.1, 0.15) is 5.52 Å². The molecule has 0 N–H and O–H groups in total. The summed E-state index contributed by atoms with van der Waals surface area (Å²) in [5.41, 5.74) is 2.73. The molecule has 0 radical (unpaired) electrons. The predicted molar refractivity (Wildman–Crippen MR) is 102 cm³/mol. The highest BCUT2D eigenvalue weighted by molar-refractivity contribution is 9.10. The second-order valence-corrected chi connectivity index (χ2v) is 6.77. The third-order valence-corrected chi connectivity index (χ3v) is 4.83. The van der Waals surface area contributed by atoms with Crippen LogP contribution in [0.25, 0.3) is 44.1 Å². The summed E-state index contributed by atoms with van der Waals surface area (Å²) in [5.74, 6) is 0.658. The molecule has 3 heteroatoms. The van der Waals surface area contributed by atoms with E-state index in [1.807, 2.05) is 24.3 Å². The summed E-state index contributed by atoms with van der Waals surface area (Å²) in [7, 11) is 0. The van der Waals surface area contributed by atoms with Crippen LogP contribution in [-0.2, 0) is 0 Å². The molecule has 4 aromatic carbocycles. The fourth-order valence-corrected chi connectivity index (χ4v) is 3.51. The van der Waals surface area contributed by atoms with E-state index < -0.39 is 0 Å². The number of aromatic nitrogens is 1. The third kappa shape index (κ3) is 2.13. The fourth-order valence-electron chi connectivity index (χ4n) is 3.13. The van der Waals surface area contributed by atoms with Crippen LogP contribution in [0.4, 0.5) is 0 Å². The summed E-state index contributed by atoms with van der Waals surface area (Å²) in [4.78, 5) is 4.76. The molecule has 0 bridgehead atoms. The van der Waals surface area contributed by atoms with E-state index in [0.29, 0.717) is 5.89 Å². The first-order valence-corrected chi connectivity index (χ1v) is 8.55. The Labute approximate surface area is 146 Å². The fraction of sp³-hybridized carbons (Fsp3) is 0. The van der Waals surface area contributed by atoms with Crippen LogP contribution in [0.15, 0.2) is 81.7 Å². The summed E-state index contributed by atoms with van der Waals surface area (Å²) in [6, 6.07) is 24.8. The molecule has 0 aliphatic heterocycles. The normalized spacial score (nSPS) is 11.5. The van der Waals surface area contributed by atoms with E-state index in [4.69, 9.17) is 9.40 Å². The number of benzene rings is 4. The van der Waals surface area contributed by atoms with Crippen LogP contribution in [0.5, 0.6) is 0 Å². The van der Waals surface area contributed by atoms with Gasteiger partial charge >= 0.3 is 0 Å². The van der Waals surface area contributed by atoms with Gasteiger partial charge in [0.05, 0.1) is 0 Å². The van der Waals surface area contributed by atoms with E-state index in [2.05, 4.69) is 64.5 Å². The van der Waals surface area contributed by atoms with Crippen molar-refractivity contribution >= 4 is 48.6 Å². The molecule has 5 rings (SSSR count). The lowest BCUT2D eigenvalue weighted by Gasteiger charge is -2.01. The zero-order valence-electron chi connectivity index (χ0n) is 12.7. The van der Waals surface area contributed by atoms with Crippen LogP contribution in [0.3, 0.4) is 0 Å². The molecule has 0 saturated carbocycles. The van der Waals surface area contributed by atoms with Gasteiger partial charge in [-0.05, 0) is 46.5 Å². The maximum Gasteiger partial charge on any atom is 0.227 e. The largest absolute Gasteiger partial charge is 0.436 e. The van der Waals surface area contributed by atoms with Crippen molar-refractivity contribution in [1.29, 1.82) is 0 Å². The Morgan fingerprint density at radius 1 is 0.750 bits per heavy atom. The van der Waals surface area contributed by atoms with Crippen molar-refractivity contribution in [2.45, 2.75) is 0 Å². The molecule has 114 valence electrons. The number of fused-ring (bicyclic) bond motifs is 4. The Bertz CT molecular complexity index is 1220. The minimum absolute atomic E-state index is 0.658. The Balaban J connectivity index is 1.74. The molecule has 0 amide bonds. The highest BCUT2D eigenvalue weighted by Gasteiger charge is 2.11. The van der Waals surface area contributed by atoms with Crippen LogP contribution in [0.2, 0.25) is 0 Å². The van der Waals surface area contributed by atoms with Crippen LogP contribution < -0.4 is 0 Å². The van der Waals surface area contributed by atoms with Crippen LogP contribution in [0, 0.1) is 0 Å². The lowest BCUT2D eigenvalue weighted by atomic mass is 10.1. The van der Waals surface area contributed by atoms with Gasteiger partial charge in [-0.15, -0.1) is 0 Å². The number of hydrogen-bond acceptors (Lipinski definition) is 2. The van der Waals surface area contributed by atoms with Crippen LogP contribution in [-0.4, -0.2) is 4.98 Å². The molecule has 0 aliphatic rings. The standard InChI is InChI=1S/C21H12BrNO/c22-17-9-7-14-11-16(6-5-15(14)12-17)21-23-20-18-4-2-1-3-13(18)8-10-19(20)24-21/h1-12H. The molecular formula is C21H12BrNO. The summed E-state index contributed by atoms with van der Waals surface area (Å²) in [5, 5.41) is 4.65. The zero-order chi connectivity index (χ0) is 16.1. The van der Waals surface area contributed by atoms with E-state index in [1.54, 1.807) is 0 Å². The predicted octanol–water partition coefficient (Wildman–Crippen LogP) is 6.56. The van der Waals surface area contributed by atoms with Gasteiger partial charge in [-0.1, -0.05) is 58.4 Å². The lowest BCUT2D eigenvalue weighted by molar-refractivity contribution is 0.620. The molecule has 0 spiro atoms. The van der Waals surface area contributed by atoms with Crippen molar-refractivity contribution in [2.24, 2.45) is 0 Å². The highest BCUT2D eigenvalue weighted by Crippen LogP contribution is 2.31. The van der Waals surface area contributed by atoms with Crippen molar-refractivity contribution in [3.63, 3.8) is 0 Å². The SMILES string of the molecule is Brc1ccc2cc(-c3nc4c(ccc5ccccc54)o3)ccc2c1. The van der Waals surface area contributed by atoms with Crippen molar-refractivity contribution in [3.8, 4) is 11.5 Å². The first-order valence-electron chi connectivity index (χ1n) is 7.76. The minimum Gasteiger partial charge on any atom is -0.436 e. The van der Waals surface area contributed by atoms with Gasteiger partial charge in [0, 0.05) is 15.4 Å². The molecule has 2 nitrogen and oxygen atoms in total. The van der Waals surface area contributed by atoms with E-state index in [-0.39, 0.29) is 0 Å². The summed E-state index contributed by atoms with van der Waals surface area (Å²) in [6.45, 7) is 0. The quantitative estimate of drug-likeness (QED) is 0.332. The van der Waals surface area contributed by atoms with Crippen molar-refractivity contribution < 1.29 is 4.42 Å². The van der Waals surface area contributed by atoms with E-state index in [9.17, 15) is 0 Å². The van der Waals surface area contributed by atoms with E-state index in [1.165, 1.54) is 16.2 Å². The molecule has 0 saturated heterocycles. The number of halogens is 1. The van der Waals surface area contributed by atoms with Gasteiger partial charge in [-0.2, -0.15) is 0 Å². The topological polar surface area (TPSA) is 26.0 Å². The number of hydrogen-bond donors (Lipinski definition) is 0. The first-order chi connectivity index (χ1) is 11.8. The van der Waals surface area contributed by atoms with Gasteiger partial charge in [0.25, 0.3) is 0 Å². The lowest BCUT2D eigenvalue weighted by Crippen LogP contribution is -1.79. The number of rotatable bonds is 1. The second kappa shape index (κ2) is 5.18. The van der Waals surface area contributed by atoms with E-state index in [0.717, 1.165) is 26.5 Å². The van der Waals surface area contributed by atoms with Gasteiger partial charge < -0.3 is 4.42 Å². The van der Waals surface area contributed by atoms with Gasteiger partial charge in [-0.3, -0.25) is 0 Å². The van der Waals surface area contributed by atoms with Gasteiger partial charge in [-0.25, -0.2) is 4.98 Å². The molecule has 0 aliphatic carbocycles. The van der Waals surface area contributed by atoms with E-state index >= 15 is 0 Å². The van der Waals surface area contributed by atoms with Crippen molar-refractivity contribution in [1.82, 2.24) is 4.98 Å². The molecule has 5 aromatic rings. The van der Waals surface area contributed by atoms with Crippen LogP contribution >= 0.6 is 15.9 Å². The minimum atomic E-state index is 0.658. The van der Waals surface area contributed by atoms with Crippen molar-refractivity contribution in [3.05, 3.63) is 77.3 Å². The molecule has 1 heterocycles. The van der Waals surface area contributed by atoms with Gasteiger partial charge in [0.2, 0.25) is 5.89 Å². The smallest absolute Gasteiger partial charge is 0.227 e. The molecule has 0 fully saturated rings. The Morgan fingerprint density at radius 2 is 1.54 bits per heavy atom. The first kappa shape index (κ1) is 13.8. The maximum atomic E-state index is 6.01. The summed E-state index contributed by atoms with van der Waals surface area (Å²) < 4.78 is 7.09. The van der Waals surface area contributed by atoms with Crippen LogP contribution in [0.1, 0.15) is 0 Å². The monoisotopic (exact) mass is 373 g/mol. The Morgan fingerprint density at radius 3 is 2.50 bits per heavy atom. The molecule has 0 unspecified atom stereocenters. The van der Waals surface area contributed by atoms with Gasteiger partial charge in [0.15, 0.2) is 5.58 Å². The number of oxazole rings is 1. The molecule has 0 atom stereocenters. The maximum absolute atomic E-state index is 6.01. The summed E-state index contributed by atoms with van der Waals surface area (Å²) >= 11 is 3.51. The molecule has 1 aromatic heterocycles. The van der Waals surface area contributed by atoms with Crippen molar-refractivity contribution in [2.75, 3.05) is 0 Å². The highest BCUT2D eigenvalue weighted by atomic mass is 79.9. The third-order valence-electron chi connectivity index (χ3n) is 4.33.